The lowest BCUT2D eigenvalue weighted by molar-refractivity contribution is -0.141. The normalized spacial score (nSPS) is 11.8. The van der Waals surface area contributed by atoms with Gasteiger partial charge in [0.2, 0.25) is 5.78 Å². The lowest BCUT2D eigenvalue weighted by Crippen LogP contribution is -2.39. The number of ketones is 1. The summed E-state index contributed by atoms with van der Waals surface area (Å²) in [6.45, 7) is 7.07. The van der Waals surface area contributed by atoms with Crippen molar-refractivity contribution in [3.63, 3.8) is 0 Å². The first kappa shape index (κ1) is 61.2. The maximum absolute atomic E-state index is 13.4. The van der Waals surface area contributed by atoms with Crippen LogP contribution in [0.15, 0.2) is 87.1 Å². The average molecular weight is 1090 g/mol. The van der Waals surface area contributed by atoms with Gasteiger partial charge in [0.1, 0.15) is 34.1 Å². The van der Waals surface area contributed by atoms with E-state index in [-0.39, 0.29) is 41.9 Å². The van der Waals surface area contributed by atoms with Gasteiger partial charge in [-0.05, 0) is 81.6 Å². The Morgan fingerprint density at radius 3 is 1.50 bits per heavy atom. The average Bonchev–Trinajstić information content (AvgIpc) is 3.29. The van der Waals surface area contributed by atoms with Gasteiger partial charge < -0.3 is 14.7 Å². The Labute approximate surface area is 413 Å². The number of hydrogen-bond acceptors (Lipinski definition) is 12. The highest BCUT2D eigenvalue weighted by atomic mass is 19.4. The van der Waals surface area contributed by atoms with Crippen molar-refractivity contribution in [3.05, 3.63) is 199 Å². The Morgan fingerprint density at radius 2 is 1.04 bits per heavy atom. The molecule has 2 aromatic carbocycles. The third-order valence-electron chi connectivity index (χ3n) is 9.91. The van der Waals surface area contributed by atoms with Crippen LogP contribution in [0.2, 0.25) is 0 Å². The van der Waals surface area contributed by atoms with Gasteiger partial charge in [-0.15, -0.1) is 0 Å². The van der Waals surface area contributed by atoms with E-state index in [1.165, 1.54) is 56.1 Å². The third kappa shape index (κ3) is 14.8. The predicted octanol–water partition coefficient (Wildman–Crippen LogP) is 4.48. The zero-order valence-corrected chi connectivity index (χ0v) is 39.2. The SMILES string of the molecule is CCn1c(C(=O)c2cc(C)cc(C#N)c2)c(C(F)(F)F)c(=O)[nH]c1=O.CCn1c(C(O)c2cc(C)cc(C#N)c2)c(C(F)(F)F)c(=O)[nH]c1=O.CCn1cc(C(F)(F)F)c(=O)[nH]c1=O.O=c1[nH]cc(C(F)(F)F)c(=O)[nH]1. The van der Waals surface area contributed by atoms with E-state index in [9.17, 15) is 101 Å². The first-order valence-corrected chi connectivity index (χ1v) is 20.9. The second kappa shape index (κ2) is 23.9. The second-order valence-corrected chi connectivity index (χ2v) is 15.2. The number of aliphatic hydroxyl groups is 1. The minimum Gasteiger partial charge on any atom is -0.382 e. The number of aromatic amines is 5. The maximum Gasteiger partial charge on any atom is 0.423 e. The van der Waals surface area contributed by atoms with E-state index in [2.05, 4.69) is 0 Å². The quantitative estimate of drug-likeness (QED) is 0.0953. The zero-order chi connectivity index (χ0) is 58.2. The first-order valence-electron chi connectivity index (χ1n) is 20.9. The molecule has 0 aliphatic rings. The van der Waals surface area contributed by atoms with Gasteiger partial charge in [0.15, 0.2) is 0 Å². The van der Waals surface area contributed by atoms with Crippen LogP contribution in [0.1, 0.15) is 98.7 Å². The number of alkyl halides is 12. The van der Waals surface area contributed by atoms with Crippen LogP contribution in [0, 0.1) is 36.5 Å². The number of rotatable bonds is 7. The van der Waals surface area contributed by atoms with Crippen LogP contribution in [0.4, 0.5) is 52.7 Å². The van der Waals surface area contributed by atoms with Gasteiger partial charge >= 0.3 is 47.5 Å². The maximum atomic E-state index is 13.4. The van der Waals surface area contributed by atoms with Gasteiger partial charge in [-0.25, -0.2) is 19.2 Å². The fourth-order valence-corrected chi connectivity index (χ4v) is 6.71. The molecule has 1 unspecified atom stereocenters. The Bertz CT molecular complexity index is 3750. The third-order valence-corrected chi connectivity index (χ3v) is 9.91. The number of H-pyrrole nitrogens is 5. The van der Waals surface area contributed by atoms with E-state index in [0.29, 0.717) is 32.7 Å². The molecule has 0 spiro atoms. The molecule has 0 radical (unpaired) electrons. The number of halogens is 12. The molecule has 6 aromatic rings. The number of hydrogen-bond donors (Lipinski definition) is 6. The van der Waals surface area contributed by atoms with Crippen molar-refractivity contribution in [1.82, 2.24) is 38.6 Å². The summed E-state index contributed by atoms with van der Waals surface area (Å²) in [4.78, 5) is 110. The van der Waals surface area contributed by atoms with Crippen molar-refractivity contribution in [1.29, 1.82) is 10.5 Å². The highest BCUT2D eigenvalue weighted by Gasteiger charge is 2.42. The molecule has 0 fully saturated rings. The van der Waals surface area contributed by atoms with Crippen LogP contribution in [0.5, 0.6) is 0 Å². The molecule has 406 valence electrons. The lowest BCUT2D eigenvalue weighted by atomic mass is 9.98. The van der Waals surface area contributed by atoms with Crippen molar-refractivity contribution in [2.75, 3.05) is 0 Å². The monoisotopic (exact) mass is 1090 g/mol. The van der Waals surface area contributed by atoms with E-state index in [1.54, 1.807) is 39.9 Å². The molecule has 76 heavy (non-hydrogen) atoms. The summed E-state index contributed by atoms with van der Waals surface area (Å²) < 4.78 is 154. The number of benzene rings is 2. The molecule has 0 bridgehead atoms. The number of nitrogens with zero attached hydrogens (tertiary/aromatic N) is 5. The van der Waals surface area contributed by atoms with Crippen LogP contribution < -0.4 is 45.0 Å². The largest absolute Gasteiger partial charge is 0.423 e. The van der Waals surface area contributed by atoms with Crippen molar-refractivity contribution in [3.8, 4) is 12.1 Å². The number of nitrogens with one attached hydrogen (secondary N) is 5. The molecule has 20 nitrogen and oxygen atoms in total. The van der Waals surface area contributed by atoms with Gasteiger partial charge in [0, 0.05) is 37.6 Å². The van der Waals surface area contributed by atoms with Gasteiger partial charge in [-0.3, -0.25) is 53.0 Å². The number of carbonyl (C=O) groups excluding carboxylic acids is 1. The summed E-state index contributed by atoms with van der Waals surface area (Å²) >= 11 is 0. The Morgan fingerprint density at radius 1 is 0.579 bits per heavy atom. The first-order chi connectivity index (χ1) is 35.0. The number of aryl methyl sites for hydroxylation is 3. The molecule has 4 aromatic heterocycles. The van der Waals surface area contributed by atoms with Gasteiger partial charge in [-0.1, -0.05) is 6.07 Å². The molecule has 0 aliphatic heterocycles. The summed E-state index contributed by atoms with van der Waals surface area (Å²) in [5.74, 6) is -1.16. The van der Waals surface area contributed by atoms with Gasteiger partial charge in [0.05, 0.1) is 29.0 Å². The Kier molecular flexibility index (Phi) is 19.2. The van der Waals surface area contributed by atoms with E-state index in [0.717, 1.165) is 10.6 Å². The topological polar surface area (TPSA) is 315 Å². The molecule has 1 atom stereocenters. The molecular formula is C44H36F12N10O10. The Hall–Kier alpha value is -9.07. The van der Waals surface area contributed by atoms with Crippen LogP contribution in [-0.2, 0) is 44.3 Å². The molecule has 0 saturated heterocycles. The summed E-state index contributed by atoms with van der Waals surface area (Å²) in [7, 11) is 0. The second-order valence-electron chi connectivity index (χ2n) is 15.2. The van der Waals surface area contributed by atoms with E-state index >= 15 is 0 Å². The van der Waals surface area contributed by atoms with Crippen LogP contribution in [0.3, 0.4) is 0 Å². The van der Waals surface area contributed by atoms with Gasteiger partial charge in [0.25, 0.3) is 22.2 Å². The van der Waals surface area contributed by atoms with Crippen molar-refractivity contribution >= 4 is 5.78 Å². The molecule has 0 amide bonds. The smallest absolute Gasteiger partial charge is 0.382 e. The summed E-state index contributed by atoms with van der Waals surface area (Å²) in [6.07, 6.45) is -20.7. The fraction of sp³-hybridized carbons (Fsp3) is 0.295. The highest BCUT2D eigenvalue weighted by Crippen LogP contribution is 2.35. The molecule has 6 N–H and O–H groups in total. The van der Waals surface area contributed by atoms with Crippen LogP contribution in [-0.4, -0.2) is 49.5 Å². The standard InChI is InChI=1S/C16H14F3N3O3.C16H12F3N3O3.C7H7F3N2O2.C5H3F3N2O2/c2*1-3-22-12(11(16(17,18)19)14(24)21-15(22)25)13(23)10-5-8(2)4-9(6-10)7-20;1-2-12-3-4(7(8,9)10)5(13)11-6(12)14;6-5(7,8)2-1-9-4(12)10-3(2)11/h4-6,13,23H,3H2,1-2H3,(H,21,24,25);4-6H,3H2,1-2H3,(H,21,24,25);3H,2H2,1H3,(H,11,13,14);1H,(H2,9,10,11,12). The fourth-order valence-electron chi connectivity index (χ4n) is 6.71. The van der Waals surface area contributed by atoms with Crippen molar-refractivity contribution < 1.29 is 62.6 Å². The lowest BCUT2D eigenvalue weighted by Gasteiger charge is -2.21. The predicted molar refractivity (Wildman–Crippen MR) is 238 cm³/mol. The number of aromatic nitrogens is 8. The molecule has 0 aliphatic carbocycles. The molecule has 6 rings (SSSR count). The molecule has 4 heterocycles. The van der Waals surface area contributed by atoms with E-state index in [1.807, 2.05) is 6.07 Å². The zero-order valence-electron chi connectivity index (χ0n) is 39.2. The van der Waals surface area contributed by atoms with Gasteiger partial charge in [-0.2, -0.15) is 63.2 Å². The number of nitriles is 2. The van der Waals surface area contributed by atoms with E-state index < -0.39 is 115 Å². The molecular weight excluding hydrogens is 1060 g/mol. The molecule has 32 heteroatoms. The van der Waals surface area contributed by atoms with Crippen LogP contribution in [0.25, 0.3) is 0 Å². The number of aliphatic hydroxyl groups excluding tert-OH is 1. The Balaban J connectivity index is 0.000000279. The summed E-state index contributed by atoms with van der Waals surface area (Å²) in [6, 6.07) is 11.6. The summed E-state index contributed by atoms with van der Waals surface area (Å²) in [5, 5.41) is 28.5. The number of carbonyl (C=O) groups is 1. The minimum absolute atomic E-state index is 0.0192. The minimum atomic E-state index is -5.13. The van der Waals surface area contributed by atoms with Crippen molar-refractivity contribution in [2.24, 2.45) is 0 Å². The van der Waals surface area contributed by atoms with Crippen LogP contribution >= 0.6 is 0 Å². The summed E-state index contributed by atoms with van der Waals surface area (Å²) in [5.41, 5.74) is -17.2. The molecule has 0 saturated carbocycles. The van der Waals surface area contributed by atoms with E-state index in [4.69, 9.17) is 10.5 Å². The highest BCUT2D eigenvalue weighted by molar-refractivity contribution is 6.09. The van der Waals surface area contributed by atoms with Crippen molar-refractivity contribution in [2.45, 2.75) is 85.1 Å².